The predicted molar refractivity (Wildman–Crippen MR) is 136 cm³/mol. The number of imide groups is 2. The van der Waals surface area contributed by atoms with E-state index >= 15 is 0 Å². The molecule has 5 heterocycles. The first-order chi connectivity index (χ1) is 17.4. The number of barbiturate groups is 1. The van der Waals surface area contributed by atoms with Gasteiger partial charge in [0.25, 0.3) is 11.5 Å². The number of likely N-dealkylation sites (tertiary alicyclic amines) is 1. The summed E-state index contributed by atoms with van der Waals surface area (Å²) in [7, 11) is 0. The Balaban J connectivity index is 1.36. The maximum atomic E-state index is 14.1. The van der Waals surface area contributed by atoms with Crippen LogP contribution in [0, 0.1) is 11.3 Å². The van der Waals surface area contributed by atoms with Crippen LogP contribution in [0.25, 0.3) is 0 Å². The topological polar surface area (TPSA) is 91.7 Å². The van der Waals surface area contributed by atoms with E-state index in [4.69, 9.17) is 0 Å². The summed E-state index contributed by atoms with van der Waals surface area (Å²) in [5.41, 5.74) is 0.0168. The molecule has 3 aliphatic rings. The lowest BCUT2D eigenvalue weighted by molar-refractivity contribution is -0.144. The number of urea groups is 1. The lowest BCUT2D eigenvalue weighted by Gasteiger charge is -2.47. The van der Waals surface area contributed by atoms with E-state index in [1.54, 1.807) is 36.4 Å². The Morgan fingerprint density at radius 1 is 0.917 bits per heavy atom. The van der Waals surface area contributed by atoms with E-state index in [9.17, 15) is 19.2 Å². The van der Waals surface area contributed by atoms with Gasteiger partial charge < -0.3 is 9.47 Å². The average molecular weight is 503 g/mol. The van der Waals surface area contributed by atoms with Crippen molar-refractivity contribution in [2.45, 2.75) is 25.3 Å². The summed E-state index contributed by atoms with van der Waals surface area (Å²) in [6, 6.07) is 17.2. The maximum Gasteiger partial charge on any atom is 0.335 e. The Bertz CT molecular complexity index is 1390. The van der Waals surface area contributed by atoms with Crippen LogP contribution < -0.4 is 15.8 Å². The molecule has 3 aliphatic heterocycles. The van der Waals surface area contributed by atoms with Gasteiger partial charge in [0.15, 0.2) is 0 Å². The Morgan fingerprint density at radius 3 is 2.53 bits per heavy atom. The molecule has 0 aliphatic carbocycles. The van der Waals surface area contributed by atoms with Crippen molar-refractivity contribution in [2.24, 2.45) is 11.3 Å². The second kappa shape index (κ2) is 8.83. The zero-order chi connectivity index (χ0) is 24.9. The molecule has 2 saturated heterocycles. The Hall–Kier alpha value is -3.56. The number of thiophene rings is 1. The van der Waals surface area contributed by atoms with Crippen molar-refractivity contribution >= 4 is 34.9 Å². The van der Waals surface area contributed by atoms with Gasteiger partial charge in [-0.15, -0.1) is 11.3 Å². The molecule has 3 aromatic rings. The van der Waals surface area contributed by atoms with E-state index in [0.29, 0.717) is 25.3 Å². The van der Waals surface area contributed by atoms with Crippen LogP contribution in [-0.4, -0.2) is 46.9 Å². The number of piperidine rings is 1. The van der Waals surface area contributed by atoms with Crippen LogP contribution in [0.2, 0.25) is 0 Å². The number of aromatic nitrogens is 1. The summed E-state index contributed by atoms with van der Waals surface area (Å²) in [4.78, 5) is 57.2. The van der Waals surface area contributed by atoms with Crippen LogP contribution in [0.5, 0.6) is 0 Å². The molecule has 4 amide bonds. The zero-order valence-electron chi connectivity index (χ0n) is 19.6. The normalized spacial score (nSPS) is 26.0. The van der Waals surface area contributed by atoms with Gasteiger partial charge in [0.2, 0.25) is 5.91 Å². The molecule has 0 spiro atoms. The van der Waals surface area contributed by atoms with Crippen molar-refractivity contribution in [3.8, 4) is 0 Å². The largest absolute Gasteiger partial charge is 0.335 e. The van der Waals surface area contributed by atoms with Crippen molar-refractivity contribution < 1.29 is 14.4 Å². The van der Waals surface area contributed by atoms with Crippen LogP contribution >= 0.6 is 11.3 Å². The van der Waals surface area contributed by atoms with Gasteiger partial charge in [-0.3, -0.25) is 19.7 Å². The Morgan fingerprint density at radius 2 is 1.75 bits per heavy atom. The maximum absolute atomic E-state index is 14.1. The van der Waals surface area contributed by atoms with Gasteiger partial charge >= 0.3 is 6.03 Å². The molecule has 1 N–H and O–H groups in total. The summed E-state index contributed by atoms with van der Waals surface area (Å²) in [5.74, 6) is -0.642. The quantitative estimate of drug-likeness (QED) is 0.542. The SMILES string of the molecule is O=C1NC(=O)[C@](Cc2cccs2)(CN2C[C@H]3C[C@@H](C2)c2cccc(=O)n2C3)C(=O)N1c1ccccc1. The summed E-state index contributed by atoms with van der Waals surface area (Å²) >= 11 is 1.50. The molecular weight excluding hydrogens is 476 g/mol. The lowest BCUT2D eigenvalue weighted by Crippen LogP contribution is -2.68. The lowest BCUT2D eigenvalue weighted by atomic mass is 9.77. The number of carbonyl (C=O) groups excluding carboxylic acids is 3. The fourth-order valence-corrected chi connectivity index (χ4v) is 6.87. The molecular formula is C27H26N4O4S. The number of fused-ring (bicyclic) bond motifs is 4. The van der Waals surface area contributed by atoms with Crippen molar-refractivity contribution in [1.82, 2.24) is 14.8 Å². The van der Waals surface area contributed by atoms with Gasteiger partial charge in [0.1, 0.15) is 5.41 Å². The molecule has 2 bridgehead atoms. The molecule has 0 saturated carbocycles. The number of amides is 4. The number of nitrogens with one attached hydrogen (secondary N) is 1. The van der Waals surface area contributed by atoms with Crippen LogP contribution in [0.1, 0.15) is 22.9 Å². The number of hydrogen-bond donors (Lipinski definition) is 1. The first kappa shape index (κ1) is 22.9. The fraction of sp³-hybridized carbons (Fsp3) is 0.333. The van der Waals surface area contributed by atoms with Gasteiger partial charge in [0.05, 0.1) is 5.69 Å². The molecule has 184 valence electrons. The molecule has 8 nitrogen and oxygen atoms in total. The fourth-order valence-electron chi connectivity index (χ4n) is 6.06. The van der Waals surface area contributed by atoms with E-state index in [-0.39, 0.29) is 30.4 Å². The van der Waals surface area contributed by atoms with Crippen LogP contribution in [0.15, 0.2) is 70.8 Å². The number of rotatable bonds is 5. The second-order valence-electron chi connectivity index (χ2n) is 9.97. The number of anilines is 1. The van der Waals surface area contributed by atoms with Crippen molar-refractivity contribution in [3.05, 3.63) is 87.0 Å². The van der Waals surface area contributed by atoms with Crippen LogP contribution in [0.3, 0.4) is 0 Å². The van der Waals surface area contributed by atoms with E-state index in [1.165, 1.54) is 11.3 Å². The van der Waals surface area contributed by atoms with E-state index in [0.717, 1.165) is 21.9 Å². The molecule has 2 aromatic heterocycles. The third-order valence-corrected chi connectivity index (χ3v) is 8.47. The standard InChI is InChI=1S/C27H26N4O4S/c32-23-10-4-9-22-19-12-18(15-30(22)23)14-29(16-19)17-27(13-21-8-5-11-36-21)24(33)28-26(35)31(25(27)34)20-6-2-1-3-7-20/h1-11,18-19H,12-17H2,(H,28,33,35)/t18-,19+,27+/m1/s1. The Kier molecular flexibility index (Phi) is 5.61. The number of pyridine rings is 1. The minimum absolute atomic E-state index is 0.0173. The molecule has 9 heteroatoms. The van der Waals surface area contributed by atoms with Crippen molar-refractivity contribution in [1.29, 1.82) is 0 Å². The van der Waals surface area contributed by atoms with Gasteiger partial charge in [0, 0.05) is 55.2 Å². The van der Waals surface area contributed by atoms with E-state index < -0.39 is 23.3 Å². The summed E-state index contributed by atoms with van der Waals surface area (Å²) in [6.07, 6.45) is 1.19. The molecule has 0 radical (unpaired) electrons. The molecule has 3 atom stereocenters. The molecule has 6 rings (SSSR count). The zero-order valence-corrected chi connectivity index (χ0v) is 20.4. The van der Waals surface area contributed by atoms with Gasteiger partial charge in [-0.1, -0.05) is 30.3 Å². The summed E-state index contributed by atoms with van der Waals surface area (Å²) in [6.45, 7) is 2.17. The second-order valence-corrected chi connectivity index (χ2v) is 11.0. The van der Waals surface area contributed by atoms with Crippen molar-refractivity contribution in [3.63, 3.8) is 0 Å². The van der Waals surface area contributed by atoms with Crippen LogP contribution in [0.4, 0.5) is 10.5 Å². The highest BCUT2D eigenvalue weighted by Crippen LogP contribution is 2.39. The number of para-hydroxylation sites is 1. The molecule has 1 aromatic carbocycles. The highest BCUT2D eigenvalue weighted by atomic mass is 32.1. The van der Waals surface area contributed by atoms with Gasteiger partial charge in [-0.05, 0) is 42.0 Å². The first-order valence-corrected chi connectivity index (χ1v) is 13.0. The van der Waals surface area contributed by atoms with Crippen LogP contribution in [-0.2, 0) is 22.6 Å². The average Bonchev–Trinajstić information content (AvgIpc) is 3.37. The predicted octanol–water partition coefficient (Wildman–Crippen LogP) is 2.84. The minimum atomic E-state index is -1.45. The van der Waals surface area contributed by atoms with Crippen molar-refractivity contribution in [2.75, 3.05) is 24.5 Å². The third kappa shape index (κ3) is 3.79. The molecule has 36 heavy (non-hydrogen) atoms. The minimum Gasteiger partial charge on any atom is -0.312 e. The first-order valence-electron chi connectivity index (χ1n) is 12.1. The molecule has 0 unspecified atom stereocenters. The van der Waals surface area contributed by atoms with E-state index in [2.05, 4.69) is 10.2 Å². The monoisotopic (exact) mass is 502 g/mol. The van der Waals surface area contributed by atoms with E-state index in [1.807, 2.05) is 34.2 Å². The summed E-state index contributed by atoms with van der Waals surface area (Å²) < 4.78 is 1.87. The third-order valence-electron chi connectivity index (χ3n) is 7.59. The molecule has 2 fully saturated rings. The highest BCUT2D eigenvalue weighted by molar-refractivity contribution is 7.09. The number of carbonyl (C=O) groups is 3. The Labute approximate surface area is 212 Å². The van der Waals surface area contributed by atoms with Gasteiger partial charge in [-0.2, -0.15) is 0 Å². The number of hydrogen-bond acceptors (Lipinski definition) is 6. The number of nitrogens with zero attached hydrogens (tertiary/aromatic N) is 3. The summed E-state index contributed by atoms with van der Waals surface area (Å²) in [5, 5.41) is 4.41. The highest BCUT2D eigenvalue weighted by Gasteiger charge is 2.56. The smallest absolute Gasteiger partial charge is 0.312 e. The van der Waals surface area contributed by atoms with Gasteiger partial charge in [-0.25, -0.2) is 9.69 Å². The number of benzene rings is 1.